The fourth-order valence-corrected chi connectivity index (χ4v) is 5.84. The molecule has 4 rings (SSSR count). The van der Waals surface area contributed by atoms with Crippen LogP contribution in [0.3, 0.4) is 0 Å². The summed E-state index contributed by atoms with van der Waals surface area (Å²) < 4.78 is 12.2. The van der Waals surface area contributed by atoms with Crippen LogP contribution in [0.2, 0.25) is 0 Å². The molecule has 0 radical (unpaired) electrons. The number of hydrogen-bond acceptors (Lipinski definition) is 3. The number of hydrogen-bond donors (Lipinski definition) is 1. The van der Waals surface area contributed by atoms with E-state index in [4.69, 9.17) is 9.47 Å². The minimum absolute atomic E-state index is 0.166. The Labute approximate surface area is 120 Å². The molecule has 2 bridgehead atoms. The molecule has 0 aromatic rings. The highest BCUT2D eigenvalue weighted by molar-refractivity contribution is 5.85. The van der Waals surface area contributed by atoms with E-state index in [1.807, 2.05) is 0 Å². The average molecular weight is 279 g/mol. The van der Waals surface area contributed by atoms with E-state index in [2.05, 4.69) is 26.1 Å². The molecule has 112 valence electrons. The Balaban J connectivity index is 1.89. The second-order valence-electron chi connectivity index (χ2n) is 7.59. The van der Waals surface area contributed by atoms with E-state index < -0.39 is 5.79 Å². The van der Waals surface area contributed by atoms with Crippen LogP contribution in [0, 0.1) is 22.7 Å². The van der Waals surface area contributed by atoms with Crippen LogP contribution in [0.4, 0.5) is 0 Å². The van der Waals surface area contributed by atoms with E-state index in [1.54, 1.807) is 0 Å². The van der Waals surface area contributed by atoms with E-state index >= 15 is 0 Å². The molecule has 4 heteroatoms. The van der Waals surface area contributed by atoms with Gasteiger partial charge in [-0.05, 0) is 37.5 Å². The van der Waals surface area contributed by atoms with Gasteiger partial charge in [0.05, 0.1) is 18.6 Å². The SMILES string of the molecule is CC1NC(=O)[C@@]2(C)C3C4(CC[C@@]13CC[C@H]2C)OCCO4. The summed E-state index contributed by atoms with van der Waals surface area (Å²) in [6, 6.07) is 0.229. The Kier molecular flexibility index (Phi) is 2.47. The predicted molar refractivity (Wildman–Crippen MR) is 73.9 cm³/mol. The molecule has 2 saturated carbocycles. The lowest BCUT2D eigenvalue weighted by Gasteiger charge is -2.61. The first-order valence-corrected chi connectivity index (χ1v) is 8.05. The molecule has 0 aromatic heterocycles. The summed E-state index contributed by atoms with van der Waals surface area (Å²) in [6.07, 6.45) is 4.38. The minimum atomic E-state index is -0.491. The van der Waals surface area contributed by atoms with Crippen LogP contribution in [0.1, 0.15) is 46.5 Å². The number of ether oxygens (including phenoxy) is 2. The molecule has 20 heavy (non-hydrogen) atoms. The molecule has 2 aliphatic carbocycles. The van der Waals surface area contributed by atoms with Gasteiger partial charge in [-0.1, -0.05) is 13.8 Å². The molecule has 1 amide bonds. The molecule has 2 aliphatic heterocycles. The summed E-state index contributed by atoms with van der Waals surface area (Å²) in [5, 5.41) is 3.27. The first-order valence-electron chi connectivity index (χ1n) is 8.05. The summed E-state index contributed by atoms with van der Waals surface area (Å²) >= 11 is 0. The Morgan fingerprint density at radius 3 is 2.55 bits per heavy atom. The third-order valence-corrected chi connectivity index (χ3v) is 7.10. The van der Waals surface area contributed by atoms with Crippen molar-refractivity contribution in [1.29, 1.82) is 0 Å². The Hall–Kier alpha value is -0.610. The molecule has 1 N–H and O–H groups in total. The summed E-state index contributed by atoms with van der Waals surface area (Å²) in [6.45, 7) is 7.89. The zero-order chi connectivity index (χ0) is 14.2. The maximum atomic E-state index is 12.8. The highest BCUT2D eigenvalue weighted by Gasteiger charge is 2.74. The van der Waals surface area contributed by atoms with Crippen molar-refractivity contribution in [2.24, 2.45) is 22.7 Å². The highest BCUT2D eigenvalue weighted by Crippen LogP contribution is 2.69. The third-order valence-electron chi connectivity index (χ3n) is 7.10. The van der Waals surface area contributed by atoms with Crippen molar-refractivity contribution in [2.75, 3.05) is 13.2 Å². The zero-order valence-electron chi connectivity index (χ0n) is 12.7. The molecule has 2 heterocycles. The van der Waals surface area contributed by atoms with Crippen LogP contribution < -0.4 is 5.32 Å². The van der Waals surface area contributed by atoms with Gasteiger partial charge in [0.1, 0.15) is 0 Å². The van der Waals surface area contributed by atoms with Crippen molar-refractivity contribution < 1.29 is 14.3 Å². The quantitative estimate of drug-likeness (QED) is 0.738. The number of carbonyl (C=O) groups excluding carboxylic acids is 1. The second-order valence-corrected chi connectivity index (χ2v) is 7.59. The predicted octanol–water partition coefficient (Wildman–Crippen LogP) is 2.08. The van der Waals surface area contributed by atoms with E-state index in [0.29, 0.717) is 19.1 Å². The fourth-order valence-electron chi connectivity index (χ4n) is 5.84. The standard InChI is InChI=1S/C16H25NO3/c1-10-4-5-15-6-7-16(19-8-9-20-16)12(15)14(10,3)13(18)17-11(15)2/h10-12H,4-9H2,1-3H3,(H,17,18)/t10-,11?,12?,14-,15+/m1/s1. The summed E-state index contributed by atoms with van der Waals surface area (Å²) in [5.41, 5.74) is -0.189. The molecule has 1 spiro atoms. The van der Waals surface area contributed by atoms with E-state index in [-0.39, 0.29) is 28.7 Å². The Morgan fingerprint density at radius 2 is 1.85 bits per heavy atom. The lowest BCUT2D eigenvalue weighted by atomic mass is 9.47. The van der Waals surface area contributed by atoms with Gasteiger partial charge in [-0.2, -0.15) is 0 Å². The first kappa shape index (κ1) is 13.1. The molecule has 2 unspecified atom stereocenters. The summed E-state index contributed by atoms with van der Waals surface area (Å²) in [4.78, 5) is 12.8. The normalized spacial score (nSPS) is 53.0. The van der Waals surface area contributed by atoms with Gasteiger partial charge in [0.25, 0.3) is 0 Å². The largest absolute Gasteiger partial charge is 0.353 e. The van der Waals surface area contributed by atoms with E-state index in [1.165, 1.54) is 6.42 Å². The van der Waals surface area contributed by atoms with Gasteiger partial charge in [-0.15, -0.1) is 0 Å². The van der Waals surface area contributed by atoms with Gasteiger partial charge in [-0.3, -0.25) is 4.79 Å². The van der Waals surface area contributed by atoms with Crippen molar-refractivity contribution in [3.8, 4) is 0 Å². The number of rotatable bonds is 0. The molecule has 4 fully saturated rings. The highest BCUT2D eigenvalue weighted by atomic mass is 16.7. The summed E-state index contributed by atoms with van der Waals surface area (Å²) in [7, 11) is 0. The molecule has 4 aliphatic rings. The van der Waals surface area contributed by atoms with Crippen LogP contribution in [0.25, 0.3) is 0 Å². The number of amides is 1. The molecular formula is C16H25NO3. The van der Waals surface area contributed by atoms with Gasteiger partial charge < -0.3 is 14.8 Å². The molecule has 4 nitrogen and oxygen atoms in total. The lowest BCUT2D eigenvalue weighted by molar-refractivity contribution is -0.250. The maximum Gasteiger partial charge on any atom is 0.226 e. The van der Waals surface area contributed by atoms with Crippen LogP contribution >= 0.6 is 0 Å². The topological polar surface area (TPSA) is 47.6 Å². The van der Waals surface area contributed by atoms with E-state index in [0.717, 1.165) is 19.3 Å². The smallest absolute Gasteiger partial charge is 0.226 e. The van der Waals surface area contributed by atoms with Crippen LogP contribution in [-0.4, -0.2) is 30.9 Å². The minimum Gasteiger partial charge on any atom is -0.353 e. The Bertz CT molecular complexity index is 459. The van der Waals surface area contributed by atoms with E-state index in [9.17, 15) is 4.79 Å². The van der Waals surface area contributed by atoms with Crippen molar-refractivity contribution in [3.05, 3.63) is 0 Å². The van der Waals surface area contributed by atoms with Crippen molar-refractivity contribution in [3.63, 3.8) is 0 Å². The lowest BCUT2D eigenvalue weighted by Crippen LogP contribution is -2.70. The van der Waals surface area contributed by atoms with Gasteiger partial charge in [-0.25, -0.2) is 0 Å². The van der Waals surface area contributed by atoms with Gasteiger partial charge in [0.2, 0.25) is 5.91 Å². The van der Waals surface area contributed by atoms with Crippen LogP contribution in [-0.2, 0) is 14.3 Å². The maximum absolute atomic E-state index is 12.8. The zero-order valence-corrected chi connectivity index (χ0v) is 12.7. The summed E-state index contributed by atoms with van der Waals surface area (Å²) in [5.74, 6) is 0.307. The molecule has 0 aromatic carbocycles. The molecule has 5 atom stereocenters. The average Bonchev–Trinajstić information content (AvgIpc) is 3.01. The van der Waals surface area contributed by atoms with Crippen LogP contribution in [0.15, 0.2) is 0 Å². The first-order chi connectivity index (χ1) is 9.46. The van der Waals surface area contributed by atoms with Gasteiger partial charge in [0, 0.05) is 18.4 Å². The third kappa shape index (κ3) is 1.24. The Morgan fingerprint density at radius 1 is 1.15 bits per heavy atom. The number of nitrogens with one attached hydrogen (secondary N) is 1. The monoisotopic (exact) mass is 279 g/mol. The van der Waals surface area contributed by atoms with Crippen molar-refractivity contribution in [2.45, 2.75) is 58.3 Å². The second kappa shape index (κ2) is 3.77. The van der Waals surface area contributed by atoms with Crippen molar-refractivity contribution in [1.82, 2.24) is 5.32 Å². The van der Waals surface area contributed by atoms with Gasteiger partial charge in [0.15, 0.2) is 5.79 Å². The number of carbonyl (C=O) groups is 1. The van der Waals surface area contributed by atoms with Crippen LogP contribution in [0.5, 0.6) is 0 Å². The molecular weight excluding hydrogens is 254 g/mol. The van der Waals surface area contributed by atoms with Gasteiger partial charge >= 0.3 is 0 Å². The number of piperidine rings is 1. The van der Waals surface area contributed by atoms with Crippen molar-refractivity contribution >= 4 is 5.91 Å². The molecule has 2 saturated heterocycles. The fraction of sp³-hybridized carbons (Fsp3) is 0.938.